The summed E-state index contributed by atoms with van der Waals surface area (Å²) < 4.78 is 7.20. The maximum atomic E-state index is 10.9. The second-order valence-electron chi connectivity index (χ2n) is 5.28. The molecule has 1 aliphatic heterocycles. The Morgan fingerprint density at radius 1 is 1.48 bits per heavy atom. The monoisotopic (exact) mass is 287 g/mol. The van der Waals surface area contributed by atoms with Crippen molar-refractivity contribution in [3.05, 3.63) is 41.2 Å². The molecule has 1 unspecified atom stereocenters. The highest BCUT2D eigenvalue weighted by Gasteiger charge is 2.25. The zero-order valence-corrected chi connectivity index (χ0v) is 12.5. The summed E-state index contributed by atoms with van der Waals surface area (Å²) in [5.41, 5.74) is 3.92. The molecular weight excluding hydrogens is 266 g/mol. The van der Waals surface area contributed by atoms with Gasteiger partial charge >= 0.3 is 0 Å². The third-order valence-corrected chi connectivity index (χ3v) is 3.93. The number of anilines is 1. The fourth-order valence-corrected chi connectivity index (χ4v) is 2.94. The highest BCUT2D eigenvalue weighted by Crippen LogP contribution is 2.37. The molecule has 0 spiro atoms. The van der Waals surface area contributed by atoms with Gasteiger partial charge in [-0.05, 0) is 18.4 Å². The second-order valence-corrected chi connectivity index (χ2v) is 5.28. The first kappa shape index (κ1) is 13.9. The van der Waals surface area contributed by atoms with Crippen LogP contribution in [0.5, 0.6) is 5.75 Å². The zero-order chi connectivity index (χ0) is 14.8. The van der Waals surface area contributed by atoms with Gasteiger partial charge in [0.2, 0.25) is 0 Å². The molecular formula is C16H21N3O2. The molecule has 5 heteroatoms. The van der Waals surface area contributed by atoms with Gasteiger partial charge in [-0.25, -0.2) is 0 Å². The van der Waals surface area contributed by atoms with Gasteiger partial charge in [0.15, 0.2) is 5.75 Å². The van der Waals surface area contributed by atoms with Gasteiger partial charge in [-0.15, -0.1) is 0 Å². The number of para-hydroxylation sites is 1. The van der Waals surface area contributed by atoms with E-state index in [0.717, 1.165) is 42.9 Å². The van der Waals surface area contributed by atoms with Crippen molar-refractivity contribution in [3.63, 3.8) is 0 Å². The Kier molecular flexibility index (Phi) is 3.84. The number of nitrogens with one attached hydrogen (secondary N) is 1. The maximum absolute atomic E-state index is 10.9. The number of aromatic nitrogens is 2. The second kappa shape index (κ2) is 5.77. The highest BCUT2D eigenvalue weighted by molar-refractivity contribution is 5.63. The van der Waals surface area contributed by atoms with E-state index in [9.17, 15) is 5.11 Å². The molecule has 2 N–H and O–H groups in total. The van der Waals surface area contributed by atoms with Gasteiger partial charge in [-0.3, -0.25) is 4.68 Å². The van der Waals surface area contributed by atoms with E-state index in [0.29, 0.717) is 5.75 Å². The molecule has 112 valence electrons. The molecule has 1 aliphatic rings. The van der Waals surface area contributed by atoms with Crippen LogP contribution in [0.2, 0.25) is 0 Å². The Hall–Kier alpha value is -2.01. The van der Waals surface area contributed by atoms with E-state index in [4.69, 9.17) is 4.74 Å². The van der Waals surface area contributed by atoms with E-state index in [1.54, 1.807) is 13.3 Å². The van der Waals surface area contributed by atoms with Gasteiger partial charge in [-0.2, -0.15) is 5.10 Å². The van der Waals surface area contributed by atoms with Crippen molar-refractivity contribution in [1.29, 1.82) is 0 Å². The number of fused-ring (bicyclic) bond motifs is 1. The topological polar surface area (TPSA) is 59.3 Å². The summed E-state index contributed by atoms with van der Waals surface area (Å²) in [6.07, 6.45) is 2.89. The van der Waals surface area contributed by atoms with Crippen LogP contribution in [0.25, 0.3) is 0 Å². The fraction of sp³-hybridized carbons (Fsp3) is 0.438. The summed E-state index contributed by atoms with van der Waals surface area (Å²) in [6.45, 7) is 3.77. The summed E-state index contributed by atoms with van der Waals surface area (Å²) in [4.78, 5) is 0. The molecule has 1 aromatic carbocycles. The van der Waals surface area contributed by atoms with Crippen molar-refractivity contribution < 1.29 is 9.84 Å². The number of benzene rings is 1. The minimum absolute atomic E-state index is 0.631. The van der Waals surface area contributed by atoms with E-state index in [2.05, 4.69) is 23.4 Å². The van der Waals surface area contributed by atoms with Crippen molar-refractivity contribution in [2.45, 2.75) is 32.4 Å². The Morgan fingerprint density at radius 3 is 3.10 bits per heavy atom. The normalized spacial score (nSPS) is 14.6. The molecule has 1 aromatic heterocycles. The van der Waals surface area contributed by atoms with Crippen molar-refractivity contribution in [2.24, 2.45) is 0 Å². The predicted octanol–water partition coefficient (Wildman–Crippen LogP) is 2.35. The minimum Gasteiger partial charge on any atom is -0.493 e. The van der Waals surface area contributed by atoms with Crippen molar-refractivity contribution >= 4 is 5.69 Å². The first-order valence-electron chi connectivity index (χ1n) is 7.39. The molecule has 0 radical (unpaired) electrons. The summed E-state index contributed by atoms with van der Waals surface area (Å²) in [6, 6.07) is 6.06. The Balaban J connectivity index is 2.04. The molecule has 1 atom stereocenters. The largest absolute Gasteiger partial charge is 0.493 e. The molecule has 0 bridgehead atoms. The first-order valence-corrected chi connectivity index (χ1v) is 7.39. The molecule has 0 amide bonds. The van der Waals surface area contributed by atoms with Crippen LogP contribution >= 0.6 is 0 Å². The highest BCUT2D eigenvalue weighted by atomic mass is 16.5. The van der Waals surface area contributed by atoms with Gasteiger partial charge in [-0.1, -0.05) is 25.1 Å². The molecule has 0 saturated carbocycles. The maximum Gasteiger partial charge on any atom is 0.163 e. The van der Waals surface area contributed by atoms with Gasteiger partial charge in [0, 0.05) is 24.3 Å². The van der Waals surface area contributed by atoms with E-state index in [1.165, 1.54) is 5.56 Å². The van der Waals surface area contributed by atoms with Gasteiger partial charge < -0.3 is 15.2 Å². The number of aliphatic hydroxyl groups excluding tert-OH is 1. The fourth-order valence-electron chi connectivity index (χ4n) is 2.94. The smallest absolute Gasteiger partial charge is 0.163 e. The van der Waals surface area contributed by atoms with Gasteiger partial charge in [0.25, 0.3) is 0 Å². The lowest BCUT2D eigenvalue weighted by atomic mass is 10.0. The number of nitrogens with zero attached hydrogens (tertiary/aromatic N) is 2. The summed E-state index contributed by atoms with van der Waals surface area (Å²) >= 11 is 0. The molecule has 0 fully saturated rings. The number of rotatable bonds is 5. The average molecular weight is 287 g/mol. The van der Waals surface area contributed by atoms with E-state index < -0.39 is 6.10 Å². The Morgan fingerprint density at radius 2 is 2.33 bits per heavy atom. The standard InChI is InChI=1S/C16H21N3O2/c1-3-9-19-15(13(21-2)10-18-19)16(20)12-6-4-5-11-7-8-17-14(11)12/h4-6,10,16-17,20H,3,7-9H2,1-2H3. The van der Waals surface area contributed by atoms with Gasteiger partial charge in [0.05, 0.1) is 13.3 Å². The van der Waals surface area contributed by atoms with Crippen LogP contribution in [0.4, 0.5) is 5.69 Å². The average Bonchev–Trinajstić information content (AvgIpc) is 3.12. The number of hydrogen-bond acceptors (Lipinski definition) is 4. The lowest BCUT2D eigenvalue weighted by Gasteiger charge is -2.18. The van der Waals surface area contributed by atoms with Crippen LogP contribution in [0, 0.1) is 0 Å². The van der Waals surface area contributed by atoms with Crippen LogP contribution < -0.4 is 10.1 Å². The van der Waals surface area contributed by atoms with Crippen LogP contribution in [-0.2, 0) is 13.0 Å². The van der Waals surface area contributed by atoms with Gasteiger partial charge in [0.1, 0.15) is 11.8 Å². The number of methoxy groups -OCH3 is 1. The number of aryl methyl sites for hydroxylation is 1. The van der Waals surface area contributed by atoms with Crippen molar-refractivity contribution in [2.75, 3.05) is 19.0 Å². The molecule has 0 aliphatic carbocycles. The van der Waals surface area contributed by atoms with E-state index in [1.807, 2.05) is 16.8 Å². The molecule has 5 nitrogen and oxygen atoms in total. The zero-order valence-electron chi connectivity index (χ0n) is 12.5. The van der Waals surface area contributed by atoms with Crippen LogP contribution in [-0.4, -0.2) is 28.5 Å². The Labute approximate surface area is 124 Å². The van der Waals surface area contributed by atoms with E-state index >= 15 is 0 Å². The lowest BCUT2D eigenvalue weighted by molar-refractivity contribution is 0.202. The summed E-state index contributed by atoms with van der Waals surface area (Å²) in [5.74, 6) is 0.631. The Bertz CT molecular complexity index is 636. The number of aliphatic hydroxyl groups is 1. The first-order chi connectivity index (χ1) is 10.3. The number of ether oxygens (including phenoxy) is 1. The molecule has 0 saturated heterocycles. The predicted molar refractivity (Wildman–Crippen MR) is 81.8 cm³/mol. The molecule has 2 aromatic rings. The molecule has 21 heavy (non-hydrogen) atoms. The quantitative estimate of drug-likeness (QED) is 0.886. The summed E-state index contributed by atoms with van der Waals surface area (Å²) in [7, 11) is 1.61. The van der Waals surface area contributed by atoms with Crippen molar-refractivity contribution in [1.82, 2.24) is 9.78 Å². The third kappa shape index (κ3) is 2.38. The van der Waals surface area contributed by atoms with Crippen LogP contribution in [0.1, 0.15) is 36.3 Å². The number of hydrogen-bond donors (Lipinski definition) is 2. The van der Waals surface area contributed by atoms with Crippen LogP contribution in [0.15, 0.2) is 24.4 Å². The molecule has 3 rings (SSSR count). The SMILES string of the molecule is CCCn1ncc(OC)c1C(O)c1cccc2c1NCC2. The minimum atomic E-state index is -0.741. The lowest BCUT2D eigenvalue weighted by Crippen LogP contribution is -2.12. The third-order valence-electron chi connectivity index (χ3n) is 3.93. The van der Waals surface area contributed by atoms with Crippen LogP contribution in [0.3, 0.4) is 0 Å². The molecule has 2 heterocycles. The summed E-state index contributed by atoms with van der Waals surface area (Å²) in [5, 5.41) is 18.6. The van der Waals surface area contributed by atoms with E-state index in [-0.39, 0.29) is 0 Å². The van der Waals surface area contributed by atoms with Crippen molar-refractivity contribution in [3.8, 4) is 5.75 Å².